The molecule has 3 aromatic carbocycles. The molecule has 4 rings (SSSR count). The van der Waals surface area contributed by atoms with Crippen molar-refractivity contribution >= 4 is 11.1 Å². The van der Waals surface area contributed by atoms with Gasteiger partial charge in [0.15, 0.2) is 28.6 Å². The summed E-state index contributed by atoms with van der Waals surface area (Å²) < 4.78 is 33.6. The molecule has 0 aliphatic heterocycles. The molecule has 0 radical (unpaired) electrons. The molecule has 0 unspecified atom stereocenters. The van der Waals surface area contributed by atoms with Gasteiger partial charge in [-0.15, -0.1) is 0 Å². The molecule has 1 heterocycles. The molecule has 0 atom stereocenters. The van der Waals surface area contributed by atoms with Crippen molar-refractivity contribution in [3.63, 3.8) is 0 Å². The number of benzene rings is 3. The van der Waals surface area contributed by atoms with E-state index in [4.69, 9.17) is 28.1 Å². The molecule has 0 aliphatic carbocycles. The van der Waals surface area contributed by atoms with Gasteiger partial charge in [0.2, 0.25) is 11.6 Å². The summed E-state index contributed by atoms with van der Waals surface area (Å²) in [5.41, 5.74) is 3.96. The fraction of sp³-hybridized carbons (Fsp3) is 0.240. The van der Waals surface area contributed by atoms with E-state index in [9.17, 15) is 0 Å². The van der Waals surface area contributed by atoms with Gasteiger partial charge in [0.25, 0.3) is 0 Å². The number of ether oxygens (including phenoxy) is 5. The Morgan fingerprint density at radius 1 is 0.719 bits per heavy atom. The number of rotatable bonds is 8. The summed E-state index contributed by atoms with van der Waals surface area (Å²) in [7, 11) is 6.39. The van der Waals surface area contributed by atoms with Crippen molar-refractivity contribution in [1.82, 2.24) is 4.98 Å². The second kappa shape index (κ2) is 9.09. The van der Waals surface area contributed by atoms with Crippen molar-refractivity contribution in [2.24, 2.45) is 0 Å². The highest BCUT2D eigenvalue weighted by atomic mass is 16.5. The molecule has 0 bridgehead atoms. The molecule has 0 N–H and O–H groups in total. The summed E-state index contributed by atoms with van der Waals surface area (Å²) >= 11 is 0. The SMILES string of the molecule is CCOc1ccc(-c2nc3ccc(-c4ccc(OC)c(OC)c4OC)cc3o2)cc1OC. The lowest BCUT2D eigenvalue weighted by Crippen LogP contribution is -1.96. The highest BCUT2D eigenvalue weighted by Crippen LogP contribution is 2.45. The Labute approximate surface area is 186 Å². The average Bonchev–Trinajstić information content (AvgIpc) is 3.26. The summed E-state index contributed by atoms with van der Waals surface area (Å²) in [4.78, 5) is 4.63. The normalized spacial score (nSPS) is 10.8. The van der Waals surface area contributed by atoms with Crippen LogP contribution in [0, 0.1) is 0 Å². The van der Waals surface area contributed by atoms with Crippen molar-refractivity contribution in [2.45, 2.75) is 6.92 Å². The van der Waals surface area contributed by atoms with E-state index in [0.717, 1.165) is 22.2 Å². The third kappa shape index (κ3) is 3.77. The number of fused-ring (bicyclic) bond motifs is 1. The van der Waals surface area contributed by atoms with Gasteiger partial charge in [-0.2, -0.15) is 0 Å². The van der Waals surface area contributed by atoms with Gasteiger partial charge in [-0.05, 0) is 55.0 Å². The number of oxazole rings is 1. The summed E-state index contributed by atoms with van der Waals surface area (Å²) in [6, 6.07) is 15.2. The topological polar surface area (TPSA) is 72.2 Å². The third-order valence-electron chi connectivity index (χ3n) is 5.11. The van der Waals surface area contributed by atoms with Gasteiger partial charge < -0.3 is 28.1 Å². The number of aromatic nitrogens is 1. The van der Waals surface area contributed by atoms with Crippen LogP contribution in [0.2, 0.25) is 0 Å². The van der Waals surface area contributed by atoms with E-state index in [1.54, 1.807) is 28.4 Å². The molecule has 0 aliphatic rings. The van der Waals surface area contributed by atoms with Gasteiger partial charge in [-0.25, -0.2) is 4.98 Å². The summed E-state index contributed by atoms with van der Waals surface area (Å²) in [6.45, 7) is 2.49. The molecule has 7 nitrogen and oxygen atoms in total. The van der Waals surface area contributed by atoms with Crippen LogP contribution in [-0.4, -0.2) is 40.0 Å². The zero-order chi connectivity index (χ0) is 22.7. The van der Waals surface area contributed by atoms with Crippen molar-refractivity contribution < 1.29 is 28.1 Å². The van der Waals surface area contributed by atoms with Gasteiger partial charge in [-0.1, -0.05) is 6.07 Å². The first-order valence-corrected chi connectivity index (χ1v) is 10.1. The Balaban J connectivity index is 1.77. The quantitative estimate of drug-likeness (QED) is 0.357. The largest absolute Gasteiger partial charge is 0.493 e. The second-order valence-corrected chi connectivity index (χ2v) is 6.88. The predicted molar refractivity (Wildman–Crippen MR) is 122 cm³/mol. The van der Waals surface area contributed by atoms with E-state index >= 15 is 0 Å². The maximum atomic E-state index is 6.09. The highest BCUT2D eigenvalue weighted by molar-refractivity contribution is 5.85. The minimum absolute atomic E-state index is 0.498. The molecule has 0 saturated carbocycles. The maximum Gasteiger partial charge on any atom is 0.227 e. The van der Waals surface area contributed by atoms with Crippen molar-refractivity contribution in [3.05, 3.63) is 48.5 Å². The fourth-order valence-corrected chi connectivity index (χ4v) is 3.62. The first kappa shape index (κ1) is 21.4. The zero-order valence-corrected chi connectivity index (χ0v) is 18.7. The minimum Gasteiger partial charge on any atom is -0.493 e. The molecule has 166 valence electrons. The number of methoxy groups -OCH3 is 4. The Bertz CT molecular complexity index is 1250. The Morgan fingerprint density at radius 3 is 2.12 bits per heavy atom. The minimum atomic E-state index is 0.498. The van der Waals surface area contributed by atoms with Crippen LogP contribution in [-0.2, 0) is 0 Å². The van der Waals surface area contributed by atoms with Crippen molar-refractivity contribution in [2.75, 3.05) is 35.0 Å². The molecule has 0 amide bonds. The summed E-state index contributed by atoms with van der Waals surface area (Å²) in [6.07, 6.45) is 0. The molecular formula is C25H25NO6. The van der Waals surface area contributed by atoms with Crippen molar-refractivity contribution in [1.29, 1.82) is 0 Å². The molecule has 7 heteroatoms. The van der Waals surface area contributed by atoms with E-state index in [2.05, 4.69) is 4.98 Å². The summed E-state index contributed by atoms with van der Waals surface area (Å²) in [5.74, 6) is 3.52. The average molecular weight is 435 g/mol. The van der Waals surface area contributed by atoms with Gasteiger partial charge in [0.05, 0.1) is 35.0 Å². The smallest absolute Gasteiger partial charge is 0.227 e. The number of nitrogens with zero attached hydrogens (tertiary/aromatic N) is 1. The van der Waals surface area contributed by atoms with E-state index in [1.807, 2.05) is 55.5 Å². The van der Waals surface area contributed by atoms with E-state index < -0.39 is 0 Å². The molecule has 4 aromatic rings. The Hall–Kier alpha value is -3.87. The molecule has 0 saturated heterocycles. The van der Waals surface area contributed by atoms with E-state index in [1.165, 1.54) is 0 Å². The molecular weight excluding hydrogens is 410 g/mol. The van der Waals surface area contributed by atoms with Crippen LogP contribution >= 0.6 is 0 Å². The molecule has 0 fully saturated rings. The van der Waals surface area contributed by atoms with Crippen LogP contribution in [0.5, 0.6) is 28.7 Å². The van der Waals surface area contributed by atoms with Gasteiger partial charge >= 0.3 is 0 Å². The first-order valence-electron chi connectivity index (χ1n) is 10.1. The molecule has 32 heavy (non-hydrogen) atoms. The fourth-order valence-electron chi connectivity index (χ4n) is 3.62. The van der Waals surface area contributed by atoms with Crippen LogP contribution < -0.4 is 23.7 Å². The van der Waals surface area contributed by atoms with Crippen LogP contribution in [0.15, 0.2) is 52.9 Å². The summed E-state index contributed by atoms with van der Waals surface area (Å²) in [5, 5.41) is 0. The monoisotopic (exact) mass is 435 g/mol. The van der Waals surface area contributed by atoms with Gasteiger partial charge in [0.1, 0.15) is 5.52 Å². The van der Waals surface area contributed by atoms with Gasteiger partial charge in [-0.3, -0.25) is 0 Å². The zero-order valence-electron chi connectivity index (χ0n) is 18.7. The molecule has 1 aromatic heterocycles. The number of hydrogen-bond donors (Lipinski definition) is 0. The second-order valence-electron chi connectivity index (χ2n) is 6.88. The first-order chi connectivity index (χ1) is 15.6. The van der Waals surface area contributed by atoms with Crippen LogP contribution in [0.1, 0.15) is 6.92 Å². The Kier molecular flexibility index (Phi) is 6.07. The number of hydrogen-bond acceptors (Lipinski definition) is 7. The third-order valence-corrected chi connectivity index (χ3v) is 5.11. The standard InChI is InChI=1S/C25H25NO6/c1-6-31-19-11-8-16(14-22(19)28-3)25-26-18-10-7-15(13-21(18)32-25)17-9-12-20(27-2)24(30-5)23(17)29-4/h7-14H,6H2,1-5H3. The lowest BCUT2D eigenvalue weighted by atomic mass is 10.0. The predicted octanol–water partition coefficient (Wildman–Crippen LogP) is 5.59. The highest BCUT2D eigenvalue weighted by Gasteiger charge is 2.18. The maximum absolute atomic E-state index is 6.09. The Morgan fingerprint density at radius 2 is 1.44 bits per heavy atom. The lowest BCUT2D eigenvalue weighted by Gasteiger charge is -2.15. The van der Waals surface area contributed by atoms with Crippen LogP contribution in [0.25, 0.3) is 33.7 Å². The lowest BCUT2D eigenvalue weighted by molar-refractivity contribution is 0.311. The van der Waals surface area contributed by atoms with Gasteiger partial charge in [0, 0.05) is 11.1 Å². The van der Waals surface area contributed by atoms with E-state index in [-0.39, 0.29) is 0 Å². The van der Waals surface area contributed by atoms with E-state index in [0.29, 0.717) is 46.8 Å². The van der Waals surface area contributed by atoms with Crippen LogP contribution in [0.4, 0.5) is 0 Å². The molecule has 0 spiro atoms. The van der Waals surface area contributed by atoms with Crippen LogP contribution in [0.3, 0.4) is 0 Å². The van der Waals surface area contributed by atoms with Crippen molar-refractivity contribution in [3.8, 4) is 51.3 Å².